The van der Waals surface area contributed by atoms with Crippen molar-refractivity contribution in [3.63, 3.8) is 0 Å². The normalized spacial score (nSPS) is 16.1. The van der Waals surface area contributed by atoms with Crippen LogP contribution in [0.2, 0.25) is 0 Å². The van der Waals surface area contributed by atoms with Gasteiger partial charge in [-0.1, -0.05) is 18.2 Å². The highest BCUT2D eigenvalue weighted by molar-refractivity contribution is 5.91. The lowest BCUT2D eigenvalue weighted by atomic mass is 10.2. The minimum absolute atomic E-state index is 0.105. The molecule has 2 aromatic carbocycles. The summed E-state index contributed by atoms with van der Waals surface area (Å²) in [6.45, 7) is 1.01. The lowest BCUT2D eigenvalue weighted by molar-refractivity contribution is -0.116. The van der Waals surface area contributed by atoms with Crippen LogP contribution in [0.3, 0.4) is 0 Å². The zero-order chi connectivity index (χ0) is 20.2. The van der Waals surface area contributed by atoms with Crippen LogP contribution in [0.1, 0.15) is 12.8 Å². The Morgan fingerprint density at radius 2 is 2.07 bits per heavy atom. The number of carbonyl (C=O) groups is 1. The van der Waals surface area contributed by atoms with E-state index in [2.05, 4.69) is 10.3 Å². The van der Waals surface area contributed by atoms with E-state index in [-0.39, 0.29) is 18.6 Å². The zero-order valence-electron chi connectivity index (χ0n) is 15.7. The van der Waals surface area contributed by atoms with Gasteiger partial charge in [0.05, 0.1) is 17.0 Å². The maximum absolute atomic E-state index is 12.5. The maximum Gasteiger partial charge on any atom is 0.329 e. The molecule has 1 atom stereocenters. The van der Waals surface area contributed by atoms with Crippen LogP contribution in [0, 0.1) is 0 Å². The molecule has 0 saturated carbocycles. The Hall–Kier alpha value is -3.39. The van der Waals surface area contributed by atoms with E-state index in [1.54, 1.807) is 42.5 Å². The van der Waals surface area contributed by atoms with Gasteiger partial charge in [0.1, 0.15) is 18.9 Å². The van der Waals surface area contributed by atoms with E-state index < -0.39 is 11.2 Å². The van der Waals surface area contributed by atoms with E-state index in [1.807, 2.05) is 6.07 Å². The van der Waals surface area contributed by atoms with Gasteiger partial charge in [-0.2, -0.15) is 0 Å². The van der Waals surface area contributed by atoms with Crippen molar-refractivity contribution in [1.82, 2.24) is 9.55 Å². The monoisotopic (exact) mass is 395 g/mol. The van der Waals surface area contributed by atoms with E-state index in [0.717, 1.165) is 19.4 Å². The number of aromatic nitrogens is 2. The van der Waals surface area contributed by atoms with Crippen molar-refractivity contribution in [2.75, 3.05) is 18.5 Å². The minimum Gasteiger partial charge on any atom is -0.491 e. The molecule has 1 aliphatic rings. The van der Waals surface area contributed by atoms with Gasteiger partial charge in [-0.25, -0.2) is 4.79 Å². The Morgan fingerprint density at radius 1 is 1.21 bits per heavy atom. The molecule has 1 aliphatic heterocycles. The molecule has 29 heavy (non-hydrogen) atoms. The van der Waals surface area contributed by atoms with Crippen LogP contribution >= 0.6 is 0 Å². The first kappa shape index (κ1) is 18.9. The van der Waals surface area contributed by atoms with Crippen molar-refractivity contribution in [3.05, 3.63) is 69.4 Å². The molecule has 0 bridgehead atoms. The second-order valence-corrected chi connectivity index (χ2v) is 6.88. The summed E-state index contributed by atoms with van der Waals surface area (Å²) >= 11 is 0. The summed E-state index contributed by atoms with van der Waals surface area (Å²) in [5.41, 5.74) is -0.137. The number of carbonyl (C=O) groups excluding carboxylic acids is 1. The van der Waals surface area contributed by atoms with Gasteiger partial charge < -0.3 is 14.8 Å². The third-order valence-corrected chi connectivity index (χ3v) is 4.78. The van der Waals surface area contributed by atoms with Crippen LogP contribution in [0.15, 0.2) is 58.1 Å². The van der Waals surface area contributed by atoms with Crippen molar-refractivity contribution in [2.24, 2.45) is 0 Å². The third-order valence-electron chi connectivity index (χ3n) is 4.78. The third kappa shape index (κ3) is 4.38. The summed E-state index contributed by atoms with van der Waals surface area (Å²) < 4.78 is 12.5. The lowest BCUT2D eigenvalue weighted by Gasteiger charge is -2.13. The highest BCUT2D eigenvalue weighted by Gasteiger charge is 2.16. The Bertz CT molecular complexity index is 1140. The molecule has 3 aromatic rings. The van der Waals surface area contributed by atoms with Gasteiger partial charge in [-0.3, -0.25) is 19.1 Å². The van der Waals surface area contributed by atoms with Gasteiger partial charge >= 0.3 is 5.69 Å². The van der Waals surface area contributed by atoms with Crippen LogP contribution in [0.25, 0.3) is 10.9 Å². The predicted molar refractivity (Wildman–Crippen MR) is 108 cm³/mol. The number of H-pyrrole nitrogens is 1. The molecule has 8 nitrogen and oxygen atoms in total. The number of para-hydroxylation sites is 1. The first-order chi connectivity index (χ1) is 14.1. The molecule has 4 rings (SSSR count). The van der Waals surface area contributed by atoms with Crippen molar-refractivity contribution in [3.8, 4) is 5.75 Å². The second kappa shape index (κ2) is 8.32. The van der Waals surface area contributed by atoms with Gasteiger partial charge in [0.25, 0.3) is 5.56 Å². The summed E-state index contributed by atoms with van der Waals surface area (Å²) in [6.07, 6.45) is 2.13. The number of anilines is 1. The largest absolute Gasteiger partial charge is 0.491 e. The highest BCUT2D eigenvalue weighted by Crippen LogP contribution is 2.20. The van der Waals surface area contributed by atoms with Crippen molar-refractivity contribution in [2.45, 2.75) is 25.5 Å². The Morgan fingerprint density at radius 3 is 2.90 bits per heavy atom. The number of fused-ring (bicyclic) bond motifs is 1. The number of nitrogens with zero attached hydrogens (tertiary/aromatic N) is 1. The van der Waals surface area contributed by atoms with Gasteiger partial charge in [-0.05, 0) is 37.1 Å². The quantitative estimate of drug-likeness (QED) is 0.664. The van der Waals surface area contributed by atoms with Gasteiger partial charge in [0.2, 0.25) is 5.91 Å². The molecular formula is C21H21N3O5. The number of hydrogen-bond acceptors (Lipinski definition) is 5. The molecule has 0 unspecified atom stereocenters. The summed E-state index contributed by atoms with van der Waals surface area (Å²) in [7, 11) is 0. The fourth-order valence-corrected chi connectivity index (χ4v) is 3.37. The molecule has 8 heteroatoms. The number of ether oxygens (including phenoxy) is 2. The number of aromatic amines is 1. The zero-order valence-corrected chi connectivity index (χ0v) is 15.7. The van der Waals surface area contributed by atoms with E-state index >= 15 is 0 Å². The number of benzene rings is 2. The fraction of sp³-hybridized carbons (Fsp3) is 0.286. The summed E-state index contributed by atoms with van der Waals surface area (Å²) in [6, 6.07) is 13.7. The van der Waals surface area contributed by atoms with Crippen molar-refractivity contribution < 1.29 is 14.3 Å². The second-order valence-electron chi connectivity index (χ2n) is 6.88. The molecule has 0 radical (unpaired) electrons. The molecule has 2 N–H and O–H groups in total. The lowest BCUT2D eigenvalue weighted by Crippen LogP contribution is -2.34. The van der Waals surface area contributed by atoms with Gasteiger partial charge in [-0.15, -0.1) is 0 Å². The Kier molecular flexibility index (Phi) is 5.44. The predicted octanol–water partition coefficient (Wildman–Crippen LogP) is 1.89. The number of rotatable bonds is 6. The molecule has 1 amide bonds. The van der Waals surface area contributed by atoms with Crippen molar-refractivity contribution in [1.29, 1.82) is 0 Å². The smallest absolute Gasteiger partial charge is 0.329 e. The Balaban J connectivity index is 1.46. The molecular weight excluding hydrogens is 374 g/mol. The van der Waals surface area contributed by atoms with Crippen molar-refractivity contribution >= 4 is 22.5 Å². The Labute approximate surface area is 166 Å². The first-order valence-electron chi connectivity index (χ1n) is 9.46. The number of nitrogens with one attached hydrogen (secondary N) is 2. The van der Waals surface area contributed by atoms with E-state index in [9.17, 15) is 14.4 Å². The average Bonchev–Trinajstić information content (AvgIpc) is 3.24. The van der Waals surface area contributed by atoms with E-state index in [0.29, 0.717) is 28.9 Å². The summed E-state index contributed by atoms with van der Waals surface area (Å²) in [4.78, 5) is 38.9. The summed E-state index contributed by atoms with van der Waals surface area (Å²) in [5, 5.41) is 3.11. The molecule has 1 saturated heterocycles. The van der Waals surface area contributed by atoms with E-state index in [4.69, 9.17) is 9.47 Å². The summed E-state index contributed by atoms with van der Waals surface area (Å²) in [5.74, 6) is 0.241. The molecule has 0 aliphatic carbocycles. The molecule has 2 heterocycles. The fourth-order valence-electron chi connectivity index (χ4n) is 3.37. The molecule has 150 valence electrons. The topological polar surface area (TPSA) is 102 Å². The van der Waals surface area contributed by atoms with Gasteiger partial charge in [0, 0.05) is 18.4 Å². The number of hydrogen-bond donors (Lipinski definition) is 2. The molecule has 1 aromatic heterocycles. The van der Waals surface area contributed by atoms with Crippen LogP contribution < -0.4 is 21.3 Å². The SMILES string of the molecule is O=C(Cn1c(=O)[nH]c(=O)c2ccccc21)Nc1cccc(OC[C@@H]2CCCO2)c1. The van der Waals surface area contributed by atoms with E-state index in [1.165, 1.54) is 4.57 Å². The van der Waals surface area contributed by atoms with Crippen LogP contribution in [-0.4, -0.2) is 34.8 Å². The molecule has 0 spiro atoms. The highest BCUT2D eigenvalue weighted by atomic mass is 16.5. The van der Waals surface area contributed by atoms with Crippen LogP contribution in [0.4, 0.5) is 5.69 Å². The minimum atomic E-state index is -0.627. The van der Waals surface area contributed by atoms with Crippen LogP contribution in [-0.2, 0) is 16.1 Å². The standard InChI is InChI=1S/C21H21N3O5/c25-19(12-24-18-9-2-1-8-17(18)20(26)23-21(24)27)22-14-5-3-6-15(11-14)29-13-16-7-4-10-28-16/h1-3,5-6,8-9,11,16H,4,7,10,12-13H2,(H,22,25)(H,23,26,27)/t16-/m0/s1. The van der Waals surface area contributed by atoms with Crippen LogP contribution in [0.5, 0.6) is 5.75 Å². The van der Waals surface area contributed by atoms with Gasteiger partial charge in [0.15, 0.2) is 0 Å². The average molecular weight is 395 g/mol. The molecule has 1 fully saturated rings. The number of amides is 1. The maximum atomic E-state index is 12.5. The first-order valence-corrected chi connectivity index (χ1v) is 9.46.